The van der Waals surface area contributed by atoms with Crippen molar-refractivity contribution in [3.63, 3.8) is 0 Å². The summed E-state index contributed by atoms with van der Waals surface area (Å²) in [5.41, 5.74) is 0.650. The first-order valence-electron chi connectivity index (χ1n) is 13.2. The van der Waals surface area contributed by atoms with Gasteiger partial charge in [-0.1, -0.05) is 13.0 Å². The lowest BCUT2D eigenvalue weighted by Crippen LogP contribution is -2.48. The summed E-state index contributed by atoms with van der Waals surface area (Å²) in [5, 5.41) is 11.6. The van der Waals surface area contributed by atoms with E-state index in [-0.39, 0.29) is 52.7 Å². The zero-order chi connectivity index (χ0) is 30.7. The maximum Gasteiger partial charge on any atom is 0.261 e. The highest BCUT2D eigenvalue weighted by molar-refractivity contribution is 7.92. The fourth-order valence-electron chi connectivity index (χ4n) is 4.60. The van der Waals surface area contributed by atoms with Crippen molar-refractivity contribution in [3.05, 3.63) is 65.5 Å². The number of likely N-dealkylation sites (N-methyl/N-ethyl adjacent to an activating group) is 1. The van der Waals surface area contributed by atoms with Gasteiger partial charge >= 0.3 is 0 Å². The van der Waals surface area contributed by atoms with Crippen molar-refractivity contribution in [2.75, 3.05) is 38.6 Å². The van der Waals surface area contributed by atoms with Crippen LogP contribution in [0.1, 0.15) is 19.4 Å². The largest absolute Gasteiger partial charge is 0.497 e. The number of hydrogen-bond donors (Lipinski definition) is 2. The Morgan fingerprint density at radius 2 is 1.88 bits per heavy atom. The van der Waals surface area contributed by atoms with Gasteiger partial charge in [0, 0.05) is 30.8 Å². The minimum absolute atomic E-state index is 0.00221. The highest BCUT2D eigenvalue weighted by atomic mass is 32.2. The van der Waals surface area contributed by atoms with Crippen LogP contribution in [0.5, 0.6) is 11.5 Å². The molecule has 228 valence electrons. The number of anilines is 1. The molecule has 2 heterocycles. The van der Waals surface area contributed by atoms with E-state index in [2.05, 4.69) is 4.72 Å². The average Bonchev–Trinajstić information content (AvgIpc) is 3.52. The quantitative estimate of drug-likeness (QED) is 0.346. The Balaban J connectivity index is 1.67. The van der Waals surface area contributed by atoms with E-state index in [1.165, 1.54) is 48.8 Å². The number of amides is 1. The van der Waals surface area contributed by atoms with Crippen LogP contribution < -0.4 is 14.2 Å². The molecule has 0 saturated heterocycles. The zero-order valence-electron chi connectivity index (χ0n) is 23.8. The number of thiophene rings is 1. The van der Waals surface area contributed by atoms with Crippen molar-refractivity contribution < 1.29 is 36.2 Å². The molecule has 1 aromatic heterocycles. The highest BCUT2D eigenvalue weighted by Crippen LogP contribution is 2.31. The van der Waals surface area contributed by atoms with Gasteiger partial charge in [0.25, 0.3) is 20.0 Å². The minimum Gasteiger partial charge on any atom is -0.497 e. The smallest absolute Gasteiger partial charge is 0.261 e. The fourth-order valence-corrected chi connectivity index (χ4v) is 8.03. The molecule has 0 saturated carbocycles. The summed E-state index contributed by atoms with van der Waals surface area (Å²) in [4.78, 5) is 15.0. The molecule has 42 heavy (non-hydrogen) atoms. The van der Waals surface area contributed by atoms with E-state index in [1.807, 2.05) is 6.92 Å². The number of hydrogen-bond acceptors (Lipinski definition) is 9. The van der Waals surface area contributed by atoms with Crippen LogP contribution in [-0.4, -0.2) is 83.1 Å². The van der Waals surface area contributed by atoms with Gasteiger partial charge in [-0.05, 0) is 60.8 Å². The lowest BCUT2D eigenvalue weighted by Gasteiger charge is -2.33. The molecule has 1 aliphatic rings. The number of ether oxygens (including phenoxy) is 2. The SMILES string of the molecule is COc1ccc(S(=O)(=O)Nc2ccc3c(c2)CC(=O)N([C@@H](C)CO)C[C@H](C)[C@H](CN(C)S(=O)(=O)c2cccs2)O3)cc1. The van der Waals surface area contributed by atoms with Gasteiger partial charge in [0.1, 0.15) is 21.8 Å². The second-order valence-corrected chi connectivity index (χ2v) is 15.1. The Bertz CT molecular complexity index is 1590. The predicted octanol–water partition coefficient (Wildman–Crippen LogP) is 3.03. The summed E-state index contributed by atoms with van der Waals surface area (Å²) in [5.74, 6) is 0.265. The van der Waals surface area contributed by atoms with E-state index in [0.717, 1.165) is 11.3 Å². The Kier molecular flexibility index (Phi) is 9.83. The van der Waals surface area contributed by atoms with Crippen LogP contribution in [0.3, 0.4) is 0 Å². The van der Waals surface area contributed by atoms with Crippen molar-refractivity contribution in [2.45, 2.75) is 41.5 Å². The van der Waals surface area contributed by atoms with E-state index in [1.54, 1.807) is 41.5 Å². The van der Waals surface area contributed by atoms with E-state index >= 15 is 0 Å². The number of methoxy groups -OCH3 is 1. The highest BCUT2D eigenvalue weighted by Gasteiger charge is 2.34. The van der Waals surface area contributed by atoms with Gasteiger partial charge in [-0.3, -0.25) is 9.52 Å². The molecule has 3 atom stereocenters. The van der Waals surface area contributed by atoms with Crippen LogP contribution in [-0.2, 0) is 31.3 Å². The Morgan fingerprint density at radius 3 is 2.50 bits per heavy atom. The third kappa shape index (κ3) is 7.06. The third-order valence-corrected chi connectivity index (χ3v) is 11.7. The third-order valence-electron chi connectivity index (χ3n) is 7.14. The molecular formula is C28H35N3O8S3. The van der Waals surface area contributed by atoms with Crippen LogP contribution in [0, 0.1) is 5.92 Å². The van der Waals surface area contributed by atoms with Crippen molar-refractivity contribution in [1.29, 1.82) is 0 Å². The van der Waals surface area contributed by atoms with Gasteiger partial charge < -0.3 is 19.5 Å². The van der Waals surface area contributed by atoms with Crippen LogP contribution >= 0.6 is 11.3 Å². The lowest BCUT2D eigenvalue weighted by molar-refractivity contribution is -0.134. The van der Waals surface area contributed by atoms with Crippen LogP contribution in [0.25, 0.3) is 0 Å². The molecule has 14 heteroatoms. The van der Waals surface area contributed by atoms with Gasteiger partial charge in [0.2, 0.25) is 5.91 Å². The number of nitrogens with one attached hydrogen (secondary N) is 1. The Labute approximate surface area is 250 Å². The van der Waals surface area contributed by atoms with Crippen molar-refractivity contribution in [1.82, 2.24) is 9.21 Å². The predicted molar refractivity (Wildman–Crippen MR) is 160 cm³/mol. The number of aliphatic hydroxyl groups is 1. The Hall–Kier alpha value is -3.17. The van der Waals surface area contributed by atoms with Gasteiger partial charge in [0.05, 0.1) is 37.6 Å². The first kappa shape index (κ1) is 31.8. The van der Waals surface area contributed by atoms with Crippen LogP contribution in [0.4, 0.5) is 5.69 Å². The van der Waals surface area contributed by atoms with E-state index in [9.17, 15) is 26.7 Å². The monoisotopic (exact) mass is 637 g/mol. The fraction of sp³-hybridized carbons (Fsp3) is 0.393. The summed E-state index contributed by atoms with van der Waals surface area (Å²) in [6.07, 6.45) is -0.773. The molecule has 1 aliphatic heterocycles. The van der Waals surface area contributed by atoms with E-state index < -0.39 is 32.2 Å². The number of sulfonamides is 2. The average molecular weight is 638 g/mol. The summed E-state index contributed by atoms with van der Waals surface area (Å²) in [7, 11) is -4.75. The van der Waals surface area contributed by atoms with Crippen molar-refractivity contribution >= 4 is 43.0 Å². The second-order valence-electron chi connectivity index (χ2n) is 10.2. The molecule has 0 spiro atoms. The molecule has 4 rings (SSSR count). The van der Waals surface area contributed by atoms with Crippen molar-refractivity contribution in [2.24, 2.45) is 5.92 Å². The maximum atomic E-state index is 13.5. The van der Waals surface area contributed by atoms with Gasteiger partial charge in [-0.25, -0.2) is 16.8 Å². The molecule has 0 fully saturated rings. The summed E-state index contributed by atoms with van der Waals surface area (Å²) in [6.45, 7) is 3.56. The number of rotatable bonds is 10. The number of fused-ring (bicyclic) bond motifs is 1. The van der Waals surface area contributed by atoms with Crippen molar-refractivity contribution in [3.8, 4) is 11.5 Å². The standard InChI is InChI=1S/C28H35N3O8S3/c1-19-16-31(20(2)18-32)27(33)15-21-14-22(29-41(34,35)24-10-8-23(38-4)9-11-24)7-12-25(21)39-26(19)17-30(3)42(36,37)28-6-5-13-40-28/h5-14,19-20,26,29,32H,15-18H2,1-4H3/t19-,20-,26-/m0/s1. The maximum absolute atomic E-state index is 13.5. The molecule has 0 aliphatic carbocycles. The normalized spacial score (nSPS) is 18.8. The molecule has 2 aromatic carbocycles. The molecule has 0 bridgehead atoms. The van der Waals surface area contributed by atoms with Crippen LogP contribution in [0.2, 0.25) is 0 Å². The molecule has 2 N–H and O–H groups in total. The molecule has 0 unspecified atom stereocenters. The molecule has 3 aromatic rings. The number of benzene rings is 2. The molecular weight excluding hydrogens is 603 g/mol. The number of aliphatic hydroxyl groups excluding tert-OH is 1. The molecule has 11 nitrogen and oxygen atoms in total. The lowest BCUT2D eigenvalue weighted by atomic mass is 10.0. The van der Waals surface area contributed by atoms with Crippen LogP contribution in [0.15, 0.2) is 69.1 Å². The number of nitrogens with zero attached hydrogens (tertiary/aromatic N) is 2. The summed E-state index contributed by atoms with van der Waals surface area (Å²) < 4.78 is 67.9. The first-order chi connectivity index (χ1) is 19.8. The second kappa shape index (κ2) is 13.0. The number of carbonyl (C=O) groups is 1. The van der Waals surface area contributed by atoms with E-state index in [0.29, 0.717) is 17.1 Å². The Morgan fingerprint density at radius 1 is 1.17 bits per heavy atom. The summed E-state index contributed by atoms with van der Waals surface area (Å²) in [6, 6.07) is 13.3. The van der Waals surface area contributed by atoms with Gasteiger partial charge in [0.15, 0.2) is 0 Å². The zero-order valence-corrected chi connectivity index (χ0v) is 26.2. The summed E-state index contributed by atoms with van der Waals surface area (Å²) >= 11 is 1.12. The number of carbonyl (C=O) groups excluding carboxylic acids is 1. The van der Waals surface area contributed by atoms with Gasteiger partial charge in [-0.15, -0.1) is 11.3 Å². The molecule has 1 amide bonds. The topological polar surface area (TPSA) is 143 Å². The van der Waals surface area contributed by atoms with E-state index in [4.69, 9.17) is 9.47 Å². The minimum atomic E-state index is -3.95. The molecule has 0 radical (unpaired) electrons. The first-order valence-corrected chi connectivity index (χ1v) is 17.0. The van der Waals surface area contributed by atoms with Gasteiger partial charge in [-0.2, -0.15) is 4.31 Å².